The lowest BCUT2D eigenvalue weighted by Gasteiger charge is -2.07. The van der Waals surface area contributed by atoms with E-state index < -0.39 is 0 Å². The third kappa shape index (κ3) is 3.20. The summed E-state index contributed by atoms with van der Waals surface area (Å²) in [4.78, 5) is 5.75. The van der Waals surface area contributed by atoms with Gasteiger partial charge in [-0.3, -0.25) is 0 Å². The monoisotopic (exact) mass is 294 g/mol. The Morgan fingerprint density at radius 2 is 1.62 bits per heavy atom. The van der Waals surface area contributed by atoms with Crippen LogP contribution in [0.3, 0.4) is 0 Å². The molecule has 2 nitrogen and oxygen atoms in total. The van der Waals surface area contributed by atoms with Crippen molar-refractivity contribution < 1.29 is 0 Å². The van der Waals surface area contributed by atoms with E-state index in [1.165, 1.54) is 26.6 Å². The topological polar surface area (TPSA) is 38.9 Å². The van der Waals surface area contributed by atoms with Gasteiger partial charge in [-0.25, -0.2) is 4.98 Å². The second kappa shape index (κ2) is 6.66. The van der Waals surface area contributed by atoms with Crippen molar-refractivity contribution in [2.75, 3.05) is 6.54 Å². The zero-order valence-electron chi connectivity index (χ0n) is 11.8. The average Bonchev–Trinajstić information content (AvgIpc) is 3.02. The van der Waals surface area contributed by atoms with E-state index >= 15 is 0 Å². The molecule has 0 spiro atoms. The van der Waals surface area contributed by atoms with Gasteiger partial charge in [0, 0.05) is 18.2 Å². The molecule has 0 radical (unpaired) electrons. The van der Waals surface area contributed by atoms with E-state index in [1.54, 1.807) is 11.3 Å². The molecule has 0 atom stereocenters. The minimum absolute atomic E-state index is 0.718. The number of aryl methyl sites for hydroxylation is 1. The number of nitrogens with zero attached hydrogens (tertiary/aromatic N) is 1. The van der Waals surface area contributed by atoms with Gasteiger partial charge in [0.2, 0.25) is 0 Å². The Bertz CT molecular complexity index is 704. The second-order valence-electron chi connectivity index (χ2n) is 4.92. The normalized spacial score (nSPS) is 10.7. The van der Waals surface area contributed by atoms with Gasteiger partial charge in [-0.1, -0.05) is 54.6 Å². The summed E-state index contributed by atoms with van der Waals surface area (Å²) < 4.78 is 0. The van der Waals surface area contributed by atoms with Gasteiger partial charge in [0.05, 0.1) is 9.88 Å². The Balaban J connectivity index is 1.97. The minimum Gasteiger partial charge on any atom is -0.330 e. The lowest BCUT2D eigenvalue weighted by Crippen LogP contribution is -1.99. The van der Waals surface area contributed by atoms with Gasteiger partial charge in [-0.15, -0.1) is 11.3 Å². The van der Waals surface area contributed by atoms with Crippen LogP contribution in [-0.2, 0) is 6.42 Å². The first-order valence-electron chi connectivity index (χ1n) is 7.18. The fourth-order valence-corrected chi connectivity index (χ4v) is 3.37. The van der Waals surface area contributed by atoms with E-state index in [2.05, 4.69) is 53.5 Å². The lowest BCUT2D eigenvalue weighted by atomic mass is 9.99. The molecule has 3 rings (SSSR count). The van der Waals surface area contributed by atoms with Crippen LogP contribution in [0.4, 0.5) is 0 Å². The third-order valence-corrected chi connectivity index (χ3v) is 4.52. The van der Waals surface area contributed by atoms with Crippen molar-refractivity contribution >= 4 is 11.3 Å². The molecule has 3 heteroatoms. The zero-order chi connectivity index (χ0) is 14.5. The van der Waals surface area contributed by atoms with Gasteiger partial charge in [-0.05, 0) is 24.1 Å². The first-order chi connectivity index (χ1) is 10.4. The highest BCUT2D eigenvalue weighted by Crippen LogP contribution is 2.35. The molecule has 0 aliphatic rings. The predicted molar refractivity (Wildman–Crippen MR) is 90.4 cm³/mol. The van der Waals surface area contributed by atoms with Gasteiger partial charge in [0.25, 0.3) is 0 Å². The molecular weight excluding hydrogens is 276 g/mol. The molecule has 0 saturated heterocycles. The molecule has 2 aromatic carbocycles. The van der Waals surface area contributed by atoms with Crippen LogP contribution < -0.4 is 5.73 Å². The van der Waals surface area contributed by atoms with Crippen molar-refractivity contribution in [2.45, 2.75) is 12.8 Å². The number of hydrogen-bond acceptors (Lipinski definition) is 3. The Kier molecular flexibility index (Phi) is 4.43. The van der Waals surface area contributed by atoms with E-state index in [1.807, 2.05) is 12.3 Å². The standard InChI is InChI=1S/C18H18N2S/c19-12-6-11-18-20-13-17(21-18)16-10-5-4-9-15(16)14-7-2-1-3-8-14/h1-5,7-10,13H,6,11-12,19H2. The number of aromatic nitrogens is 1. The quantitative estimate of drug-likeness (QED) is 0.759. The fourth-order valence-electron chi connectivity index (χ4n) is 2.37. The Morgan fingerprint density at radius 3 is 2.38 bits per heavy atom. The van der Waals surface area contributed by atoms with Crippen LogP contribution in [0, 0.1) is 0 Å². The zero-order valence-corrected chi connectivity index (χ0v) is 12.6. The Hall–Kier alpha value is -1.97. The van der Waals surface area contributed by atoms with E-state index in [0.29, 0.717) is 0 Å². The van der Waals surface area contributed by atoms with Crippen LogP contribution in [0.25, 0.3) is 21.6 Å². The highest BCUT2D eigenvalue weighted by Gasteiger charge is 2.09. The first-order valence-corrected chi connectivity index (χ1v) is 8.00. The van der Waals surface area contributed by atoms with E-state index in [0.717, 1.165) is 19.4 Å². The summed E-state index contributed by atoms with van der Waals surface area (Å²) in [6.07, 6.45) is 3.94. The van der Waals surface area contributed by atoms with Crippen molar-refractivity contribution in [3.8, 4) is 21.6 Å². The van der Waals surface area contributed by atoms with Crippen LogP contribution in [0.15, 0.2) is 60.8 Å². The third-order valence-electron chi connectivity index (χ3n) is 3.43. The molecule has 0 bridgehead atoms. The summed E-state index contributed by atoms with van der Waals surface area (Å²) in [5.41, 5.74) is 9.32. The van der Waals surface area contributed by atoms with Crippen LogP contribution in [0.2, 0.25) is 0 Å². The first kappa shape index (κ1) is 14.0. The van der Waals surface area contributed by atoms with Crippen molar-refractivity contribution in [3.63, 3.8) is 0 Å². The van der Waals surface area contributed by atoms with Gasteiger partial charge < -0.3 is 5.73 Å². The summed E-state index contributed by atoms with van der Waals surface area (Å²) in [6, 6.07) is 19.0. The SMILES string of the molecule is NCCCc1ncc(-c2ccccc2-c2ccccc2)s1. The molecule has 1 aromatic heterocycles. The summed E-state index contributed by atoms with van der Waals surface area (Å²) >= 11 is 1.77. The van der Waals surface area contributed by atoms with Crippen molar-refractivity contribution in [1.29, 1.82) is 0 Å². The summed E-state index contributed by atoms with van der Waals surface area (Å²) in [7, 11) is 0. The molecule has 0 aliphatic carbocycles. The molecule has 0 unspecified atom stereocenters. The second-order valence-corrected chi connectivity index (χ2v) is 6.04. The maximum atomic E-state index is 5.57. The number of hydrogen-bond donors (Lipinski definition) is 1. The summed E-state index contributed by atoms with van der Waals surface area (Å²) in [5, 5.41) is 1.17. The number of thiazole rings is 1. The average molecular weight is 294 g/mol. The molecule has 21 heavy (non-hydrogen) atoms. The molecule has 2 N–H and O–H groups in total. The van der Waals surface area contributed by atoms with Crippen molar-refractivity contribution in [2.24, 2.45) is 5.73 Å². The molecule has 0 aliphatic heterocycles. The minimum atomic E-state index is 0.718. The van der Waals surface area contributed by atoms with Gasteiger partial charge in [0.1, 0.15) is 0 Å². The molecular formula is C18H18N2S. The number of benzene rings is 2. The lowest BCUT2D eigenvalue weighted by molar-refractivity contribution is 0.826. The summed E-state index contributed by atoms with van der Waals surface area (Å²) in [6.45, 7) is 0.718. The van der Waals surface area contributed by atoms with E-state index in [9.17, 15) is 0 Å². The van der Waals surface area contributed by atoms with Crippen LogP contribution in [-0.4, -0.2) is 11.5 Å². The van der Waals surface area contributed by atoms with Gasteiger partial charge >= 0.3 is 0 Å². The number of rotatable bonds is 5. The fraction of sp³-hybridized carbons (Fsp3) is 0.167. The van der Waals surface area contributed by atoms with E-state index in [-0.39, 0.29) is 0 Å². The molecule has 3 aromatic rings. The smallest absolute Gasteiger partial charge is 0.0931 e. The van der Waals surface area contributed by atoms with Gasteiger partial charge in [-0.2, -0.15) is 0 Å². The molecule has 0 amide bonds. The maximum Gasteiger partial charge on any atom is 0.0931 e. The van der Waals surface area contributed by atoms with Crippen LogP contribution in [0.5, 0.6) is 0 Å². The molecule has 0 saturated carbocycles. The summed E-state index contributed by atoms with van der Waals surface area (Å²) in [5.74, 6) is 0. The molecule has 0 fully saturated rings. The van der Waals surface area contributed by atoms with Crippen LogP contribution >= 0.6 is 11.3 Å². The Labute approximate surface area is 129 Å². The molecule has 106 valence electrons. The number of nitrogens with two attached hydrogens (primary N) is 1. The van der Waals surface area contributed by atoms with Crippen molar-refractivity contribution in [1.82, 2.24) is 4.98 Å². The molecule has 1 heterocycles. The maximum absolute atomic E-state index is 5.57. The predicted octanol–water partition coefficient (Wildman–Crippen LogP) is 4.37. The highest BCUT2D eigenvalue weighted by molar-refractivity contribution is 7.15. The highest BCUT2D eigenvalue weighted by atomic mass is 32.1. The largest absolute Gasteiger partial charge is 0.330 e. The Morgan fingerprint density at radius 1 is 0.905 bits per heavy atom. The van der Waals surface area contributed by atoms with E-state index in [4.69, 9.17) is 5.73 Å². The van der Waals surface area contributed by atoms with Crippen LogP contribution in [0.1, 0.15) is 11.4 Å². The van der Waals surface area contributed by atoms with Crippen molar-refractivity contribution in [3.05, 3.63) is 65.8 Å². The van der Waals surface area contributed by atoms with Gasteiger partial charge in [0.15, 0.2) is 0 Å².